The summed E-state index contributed by atoms with van der Waals surface area (Å²) in [5, 5.41) is 0. The molecule has 0 radical (unpaired) electrons. The molecule has 1 fully saturated rings. The summed E-state index contributed by atoms with van der Waals surface area (Å²) in [4.78, 5) is 16.8. The second kappa shape index (κ2) is 9.28. The standard InChI is InChI=1S/C14H29N3O2/c1-3-5-13(12-15)14(18)17-7-4-6-16(8-9-17)10-11-19-2/h13H,3-12,15H2,1-2H3. The largest absolute Gasteiger partial charge is 0.383 e. The predicted octanol–water partition coefficient (Wildman–Crippen LogP) is 0.542. The lowest BCUT2D eigenvalue weighted by Gasteiger charge is -2.25. The van der Waals surface area contributed by atoms with Crippen molar-refractivity contribution in [1.82, 2.24) is 9.80 Å². The Hall–Kier alpha value is -0.650. The average molecular weight is 271 g/mol. The lowest BCUT2D eigenvalue weighted by Crippen LogP contribution is -2.41. The average Bonchev–Trinajstić information content (AvgIpc) is 2.67. The summed E-state index contributed by atoms with van der Waals surface area (Å²) in [6.45, 7) is 7.96. The quantitative estimate of drug-likeness (QED) is 0.734. The molecule has 1 heterocycles. The normalized spacial score (nSPS) is 19.2. The minimum absolute atomic E-state index is 0.00975. The van der Waals surface area contributed by atoms with Crippen molar-refractivity contribution in [3.63, 3.8) is 0 Å². The summed E-state index contributed by atoms with van der Waals surface area (Å²) in [5.41, 5.74) is 5.72. The number of hydrogen-bond acceptors (Lipinski definition) is 4. The van der Waals surface area contributed by atoms with Gasteiger partial charge in [0.2, 0.25) is 5.91 Å². The zero-order chi connectivity index (χ0) is 14.1. The molecular weight excluding hydrogens is 242 g/mol. The van der Waals surface area contributed by atoms with E-state index in [4.69, 9.17) is 10.5 Å². The third kappa shape index (κ3) is 5.47. The third-order valence-electron chi connectivity index (χ3n) is 3.78. The number of hydrogen-bond donors (Lipinski definition) is 1. The molecule has 1 aliphatic heterocycles. The molecule has 19 heavy (non-hydrogen) atoms. The number of ether oxygens (including phenoxy) is 1. The van der Waals surface area contributed by atoms with E-state index in [0.717, 1.165) is 58.6 Å². The Morgan fingerprint density at radius 3 is 2.74 bits per heavy atom. The van der Waals surface area contributed by atoms with Gasteiger partial charge in [-0.05, 0) is 19.4 Å². The third-order valence-corrected chi connectivity index (χ3v) is 3.78. The van der Waals surface area contributed by atoms with Gasteiger partial charge >= 0.3 is 0 Å². The van der Waals surface area contributed by atoms with E-state index >= 15 is 0 Å². The summed E-state index contributed by atoms with van der Waals surface area (Å²) < 4.78 is 5.11. The predicted molar refractivity (Wildman–Crippen MR) is 77.0 cm³/mol. The first kappa shape index (κ1) is 16.4. The van der Waals surface area contributed by atoms with Crippen molar-refractivity contribution in [2.45, 2.75) is 26.2 Å². The molecule has 0 spiro atoms. The van der Waals surface area contributed by atoms with Crippen molar-refractivity contribution < 1.29 is 9.53 Å². The summed E-state index contributed by atoms with van der Waals surface area (Å²) >= 11 is 0. The number of nitrogens with zero attached hydrogens (tertiary/aromatic N) is 2. The van der Waals surface area contributed by atoms with Crippen LogP contribution in [-0.2, 0) is 9.53 Å². The molecule has 5 heteroatoms. The second-order valence-electron chi connectivity index (χ2n) is 5.23. The van der Waals surface area contributed by atoms with E-state index in [2.05, 4.69) is 11.8 Å². The first-order valence-electron chi connectivity index (χ1n) is 7.43. The fraction of sp³-hybridized carbons (Fsp3) is 0.929. The van der Waals surface area contributed by atoms with E-state index < -0.39 is 0 Å². The van der Waals surface area contributed by atoms with Gasteiger partial charge in [-0.3, -0.25) is 9.69 Å². The van der Waals surface area contributed by atoms with Crippen molar-refractivity contribution in [3.05, 3.63) is 0 Å². The van der Waals surface area contributed by atoms with Crippen molar-refractivity contribution >= 4 is 5.91 Å². The van der Waals surface area contributed by atoms with Crippen LogP contribution >= 0.6 is 0 Å². The number of methoxy groups -OCH3 is 1. The van der Waals surface area contributed by atoms with Gasteiger partial charge in [0.15, 0.2) is 0 Å². The van der Waals surface area contributed by atoms with Crippen molar-refractivity contribution in [1.29, 1.82) is 0 Å². The second-order valence-corrected chi connectivity index (χ2v) is 5.23. The number of carbonyl (C=O) groups is 1. The van der Waals surface area contributed by atoms with Crippen molar-refractivity contribution in [2.75, 3.05) is 53.0 Å². The maximum absolute atomic E-state index is 12.4. The van der Waals surface area contributed by atoms with Gasteiger partial charge in [0.1, 0.15) is 0 Å². The fourth-order valence-corrected chi connectivity index (χ4v) is 2.58. The van der Waals surface area contributed by atoms with Crippen LogP contribution in [0.5, 0.6) is 0 Å². The van der Waals surface area contributed by atoms with Crippen LogP contribution < -0.4 is 5.73 Å². The van der Waals surface area contributed by atoms with Gasteiger partial charge in [-0.25, -0.2) is 0 Å². The summed E-state index contributed by atoms with van der Waals surface area (Å²) in [6.07, 6.45) is 2.96. The van der Waals surface area contributed by atoms with Crippen LogP contribution in [0.4, 0.5) is 0 Å². The Balaban J connectivity index is 2.44. The first-order valence-corrected chi connectivity index (χ1v) is 7.43. The van der Waals surface area contributed by atoms with E-state index in [1.807, 2.05) is 4.90 Å². The maximum Gasteiger partial charge on any atom is 0.227 e. The number of carbonyl (C=O) groups excluding carboxylic acids is 1. The highest BCUT2D eigenvalue weighted by molar-refractivity contribution is 5.79. The van der Waals surface area contributed by atoms with E-state index in [1.54, 1.807) is 7.11 Å². The Kier molecular flexibility index (Phi) is 8.02. The van der Waals surface area contributed by atoms with E-state index in [1.165, 1.54) is 0 Å². The molecule has 0 aliphatic carbocycles. The molecule has 0 bridgehead atoms. The molecule has 0 aromatic carbocycles. The molecule has 2 N–H and O–H groups in total. The minimum atomic E-state index is 0.00975. The van der Waals surface area contributed by atoms with Crippen LogP contribution in [-0.4, -0.2) is 68.7 Å². The highest BCUT2D eigenvalue weighted by atomic mass is 16.5. The van der Waals surface area contributed by atoms with Gasteiger partial charge in [-0.1, -0.05) is 13.3 Å². The molecule has 5 nitrogen and oxygen atoms in total. The molecule has 1 rings (SSSR count). The molecule has 112 valence electrons. The summed E-state index contributed by atoms with van der Waals surface area (Å²) in [5.74, 6) is 0.258. The fourth-order valence-electron chi connectivity index (χ4n) is 2.58. The SMILES string of the molecule is CCCC(CN)C(=O)N1CCCN(CCOC)CC1. The molecule has 0 aromatic heterocycles. The molecular formula is C14H29N3O2. The molecule has 1 unspecified atom stereocenters. The lowest BCUT2D eigenvalue weighted by molar-refractivity contribution is -0.135. The highest BCUT2D eigenvalue weighted by Crippen LogP contribution is 2.12. The lowest BCUT2D eigenvalue weighted by atomic mass is 10.0. The molecule has 1 atom stereocenters. The van der Waals surface area contributed by atoms with Crippen molar-refractivity contribution in [2.24, 2.45) is 11.7 Å². The Labute approximate surface area is 117 Å². The Morgan fingerprint density at radius 1 is 1.32 bits per heavy atom. The van der Waals surface area contributed by atoms with Gasteiger partial charge in [0, 0.05) is 39.8 Å². The highest BCUT2D eigenvalue weighted by Gasteiger charge is 2.24. The van der Waals surface area contributed by atoms with Crippen LogP contribution in [0, 0.1) is 5.92 Å². The maximum atomic E-state index is 12.4. The van der Waals surface area contributed by atoms with E-state index in [-0.39, 0.29) is 11.8 Å². The number of amides is 1. The van der Waals surface area contributed by atoms with E-state index in [9.17, 15) is 4.79 Å². The molecule has 0 aromatic rings. The van der Waals surface area contributed by atoms with Gasteiger partial charge < -0.3 is 15.4 Å². The summed E-state index contributed by atoms with van der Waals surface area (Å²) in [7, 11) is 1.73. The minimum Gasteiger partial charge on any atom is -0.383 e. The number of nitrogens with two attached hydrogens (primary N) is 1. The summed E-state index contributed by atoms with van der Waals surface area (Å²) in [6, 6.07) is 0. The van der Waals surface area contributed by atoms with Crippen LogP contribution in [0.1, 0.15) is 26.2 Å². The molecule has 1 aliphatic rings. The molecule has 1 saturated heterocycles. The molecule has 0 saturated carbocycles. The Bertz CT molecular complexity index is 261. The van der Waals surface area contributed by atoms with Gasteiger partial charge in [-0.2, -0.15) is 0 Å². The zero-order valence-corrected chi connectivity index (χ0v) is 12.4. The van der Waals surface area contributed by atoms with Crippen LogP contribution in [0.15, 0.2) is 0 Å². The van der Waals surface area contributed by atoms with Crippen LogP contribution in [0.25, 0.3) is 0 Å². The Morgan fingerprint density at radius 2 is 2.11 bits per heavy atom. The van der Waals surface area contributed by atoms with Crippen LogP contribution in [0.2, 0.25) is 0 Å². The van der Waals surface area contributed by atoms with Crippen LogP contribution in [0.3, 0.4) is 0 Å². The van der Waals surface area contributed by atoms with Gasteiger partial charge in [0.25, 0.3) is 0 Å². The first-order chi connectivity index (χ1) is 9.22. The molecule has 1 amide bonds. The van der Waals surface area contributed by atoms with E-state index in [0.29, 0.717) is 6.54 Å². The zero-order valence-electron chi connectivity index (χ0n) is 12.4. The van der Waals surface area contributed by atoms with Crippen molar-refractivity contribution in [3.8, 4) is 0 Å². The van der Waals surface area contributed by atoms with Gasteiger partial charge in [-0.15, -0.1) is 0 Å². The number of rotatable bonds is 7. The topological polar surface area (TPSA) is 58.8 Å². The van der Waals surface area contributed by atoms with Gasteiger partial charge in [0.05, 0.1) is 12.5 Å². The monoisotopic (exact) mass is 271 g/mol. The smallest absolute Gasteiger partial charge is 0.227 e.